The summed E-state index contributed by atoms with van der Waals surface area (Å²) in [5.74, 6) is 1.74. The zero-order valence-corrected chi connectivity index (χ0v) is 15.9. The molecule has 1 aromatic carbocycles. The molecule has 0 unspecified atom stereocenters. The second-order valence-electron chi connectivity index (χ2n) is 7.15. The number of hydrogen-bond acceptors (Lipinski definition) is 4. The molecule has 0 bridgehead atoms. The van der Waals surface area contributed by atoms with Gasteiger partial charge in [-0.15, -0.1) is 0 Å². The topological polar surface area (TPSA) is 37.4 Å². The van der Waals surface area contributed by atoms with Gasteiger partial charge in [-0.25, -0.2) is 0 Å². The minimum absolute atomic E-state index is 0.724. The fourth-order valence-electron chi connectivity index (χ4n) is 3.82. The standard InChI is InChI=1S/C21H26ClN3O/c22-19-7-3-5-17-15-25(13-10-18(17)19)12-1-2-14-26-20-9-8-16-6-4-11-23-21(16)24-20/h3,5,7-9H,1-2,4,6,10-15H2,(H,23,24). The molecule has 1 aromatic heterocycles. The number of benzene rings is 1. The lowest BCUT2D eigenvalue weighted by Gasteiger charge is -2.29. The van der Waals surface area contributed by atoms with Gasteiger partial charge in [0.25, 0.3) is 0 Å². The maximum atomic E-state index is 6.29. The van der Waals surface area contributed by atoms with E-state index in [9.17, 15) is 0 Å². The summed E-state index contributed by atoms with van der Waals surface area (Å²) in [5, 5.41) is 4.27. The number of hydrogen-bond donors (Lipinski definition) is 1. The molecule has 3 heterocycles. The van der Waals surface area contributed by atoms with Gasteiger partial charge in [-0.3, -0.25) is 4.90 Å². The molecule has 138 valence electrons. The Morgan fingerprint density at radius 1 is 1.12 bits per heavy atom. The van der Waals surface area contributed by atoms with E-state index in [0.29, 0.717) is 0 Å². The molecule has 5 heteroatoms. The zero-order chi connectivity index (χ0) is 17.8. The average Bonchev–Trinajstić information content (AvgIpc) is 2.68. The quantitative estimate of drug-likeness (QED) is 0.768. The number of halogens is 1. The summed E-state index contributed by atoms with van der Waals surface area (Å²) in [6.07, 6.45) is 5.53. The van der Waals surface area contributed by atoms with Gasteiger partial charge in [-0.1, -0.05) is 23.7 Å². The van der Waals surface area contributed by atoms with Crippen molar-refractivity contribution in [2.24, 2.45) is 0 Å². The van der Waals surface area contributed by atoms with Crippen LogP contribution in [0.1, 0.15) is 36.0 Å². The lowest BCUT2D eigenvalue weighted by atomic mass is 9.99. The predicted molar refractivity (Wildman–Crippen MR) is 106 cm³/mol. The van der Waals surface area contributed by atoms with E-state index >= 15 is 0 Å². The predicted octanol–water partition coefficient (Wildman–Crippen LogP) is 4.31. The monoisotopic (exact) mass is 371 g/mol. The van der Waals surface area contributed by atoms with Gasteiger partial charge in [-0.2, -0.15) is 4.98 Å². The maximum Gasteiger partial charge on any atom is 0.215 e. The third kappa shape index (κ3) is 4.13. The van der Waals surface area contributed by atoms with Gasteiger partial charge in [-0.05, 0) is 67.5 Å². The summed E-state index contributed by atoms with van der Waals surface area (Å²) < 4.78 is 5.85. The van der Waals surface area contributed by atoms with E-state index in [1.807, 2.05) is 12.1 Å². The van der Waals surface area contributed by atoms with Gasteiger partial charge in [0.05, 0.1) is 6.61 Å². The molecule has 0 atom stereocenters. The molecule has 4 rings (SSSR count). The van der Waals surface area contributed by atoms with Crippen molar-refractivity contribution in [3.63, 3.8) is 0 Å². The van der Waals surface area contributed by atoms with Gasteiger partial charge in [0, 0.05) is 30.7 Å². The Morgan fingerprint density at radius 3 is 3.04 bits per heavy atom. The normalized spacial score (nSPS) is 16.5. The Labute approximate surface area is 160 Å². The van der Waals surface area contributed by atoms with Gasteiger partial charge < -0.3 is 10.1 Å². The number of fused-ring (bicyclic) bond motifs is 2. The highest BCUT2D eigenvalue weighted by atomic mass is 35.5. The molecule has 0 spiro atoms. The Bertz CT molecular complexity index is 765. The highest BCUT2D eigenvalue weighted by Crippen LogP contribution is 2.26. The van der Waals surface area contributed by atoms with Gasteiger partial charge >= 0.3 is 0 Å². The minimum Gasteiger partial charge on any atom is -0.478 e. The van der Waals surface area contributed by atoms with Crippen molar-refractivity contribution in [1.29, 1.82) is 0 Å². The average molecular weight is 372 g/mol. The van der Waals surface area contributed by atoms with Crippen LogP contribution in [-0.4, -0.2) is 36.1 Å². The Kier molecular flexibility index (Phi) is 5.61. The van der Waals surface area contributed by atoms with Crippen LogP contribution in [0.4, 0.5) is 5.82 Å². The van der Waals surface area contributed by atoms with Gasteiger partial charge in [0.15, 0.2) is 0 Å². The van der Waals surface area contributed by atoms with E-state index in [4.69, 9.17) is 16.3 Å². The van der Waals surface area contributed by atoms with Crippen LogP contribution in [0, 0.1) is 0 Å². The number of nitrogens with one attached hydrogen (secondary N) is 1. The molecule has 2 aromatic rings. The number of nitrogens with zero attached hydrogens (tertiary/aromatic N) is 2. The van der Waals surface area contributed by atoms with Crippen molar-refractivity contribution in [3.8, 4) is 5.88 Å². The largest absolute Gasteiger partial charge is 0.478 e. The van der Waals surface area contributed by atoms with Crippen LogP contribution in [0.25, 0.3) is 0 Å². The van der Waals surface area contributed by atoms with Crippen molar-refractivity contribution < 1.29 is 4.74 Å². The van der Waals surface area contributed by atoms with E-state index in [2.05, 4.69) is 33.4 Å². The number of aryl methyl sites for hydroxylation is 1. The lowest BCUT2D eigenvalue weighted by molar-refractivity contribution is 0.233. The summed E-state index contributed by atoms with van der Waals surface area (Å²) in [6, 6.07) is 10.4. The summed E-state index contributed by atoms with van der Waals surface area (Å²) in [6.45, 7) is 4.94. The first-order valence-electron chi connectivity index (χ1n) is 9.65. The SMILES string of the molecule is Clc1cccc2c1CCN(CCCCOc1ccc3c(n1)NCCC3)C2. The molecular weight excluding hydrogens is 346 g/mol. The molecule has 1 N–H and O–H groups in total. The molecule has 0 amide bonds. The molecule has 0 aliphatic carbocycles. The number of aromatic nitrogens is 1. The van der Waals surface area contributed by atoms with E-state index in [-0.39, 0.29) is 0 Å². The third-order valence-corrected chi connectivity index (χ3v) is 5.63. The van der Waals surface area contributed by atoms with Crippen LogP contribution in [0.2, 0.25) is 5.02 Å². The van der Waals surface area contributed by atoms with Crippen LogP contribution in [0.15, 0.2) is 30.3 Å². The molecule has 4 nitrogen and oxygen atoms in total. The second kappa shape index (κ2) is 8.28. The summed E-state index contributed by atoms with van der Waals surface area (Å²) in [7, 11) is 0. The Hall–Kier alpha value is -1.78. The smallest absolute Gasteiger partial charge is 0.215 e. The highest BCUT2D eigenvalue weighted by molar-refractivity contribution is 6.31. The first-order valence-corrected chi connectivity index (χ1v) is 10.0. The number of unbranched alkanes of at least 4 members (excludes halogenated alkanes) is 1. The van der Waals surface area contributed by atoms with Gasteiger partial charge in [0.1, 0.15) is 5.82 Å². The first-order chi connectivity index (χ1) is 12.8. The summed E-state index contributed by atoms with van der Waals surface area (Å²) >= 11 is 6.29. The molecule has 26 heavy (non-hydrogen) atoms. The van der Waals surface area contributed by atoms with E-state index in [1.165, 1.54) is 23.1 Å². The number of rotatable bonds is 6. The highest BCUT2D eigenvalue weighted by Gasteiger charge is 2.17. The molecule has 0 radical (unpaired) electrons. The van der Waals surface area contributed by atoms with Crippen molar-refractivity contribution >= 4 is 17.4 Å². The van der Waals surface area contributed by atoms with Crippen LogP contribution in [-0.2, 0) is 19.4 Å². The number of pyridine rings is 1. The van der Waals surface area contributed by atoms with E-state index in [0.717, 1.165) is 75.2 Å². The summed E-state index contributed by atoms with van der Waals surface area (Å²) in [4.78, 5) is 7.09. The van der Waals surface area contributed by atoms with Crippen LogP contribution < -0.4 is 10.1 Å². The molecule has 2 aliphatic rings. The number of ether oxygens (including phenoxy) is 1. The van der Waals surface area contributed by atoms with Crippen LogP contribution >= 0.6 is 11.6 Å². The van der Waals surface area contributed by atoms with Gasteiger partial charge in [0.2, 0.25) is 5.88 Å². The molecule has 0 fully saturated rings. The zero-order valence-electron chi connectivity index (χ0n) is 15.1. The molecule has 0 saturated carbocycles. The first kappa shape index (κ1) is 17.6. The van der Waals surface area contributed by atoms with Crippen LogP contribution in [0.5, 0.6) is 5.88 Å². The van der Waals surface area contributed by atoms with Crippen molar-refractivity contribution in [1.82, 2.24) is 9.88 Å². The van der Waals surface area contributed by atoms with Crippen molar-refractivity contribution in [2.45, 2.75) is 38.6 Å². The Morgan fingerprint density at radius 2 is 2.08 bits per heavy atom. The fourth-order valence-corrected chi connectivity index (χ4v) is 4.11. The lowest BCUT2D eigenvalue weighted by Crippen LogP contribution is -2.31. The van der Waals surface area contributed by atoms with Crippen molar-refractivity contribution in [3.05, 3.63) is 52.0 Å². The summed E-state index contributed by atoms with van der Waals surface area (Å²) in [5.41, 5.74) is 4.01. The number of anilines is 1. The second-order valence-corrected chi connectivity index (χ2v) is 7.55. The third-order valence-electron chi connectivity index (χ3n) is 5.28. The van der Waals surface area contributed by atoms with Crippen molar-refractivity contribution in [2.75, 3.05) is 31.6 Å². The van der Waals surface area contributed by atoms with E-state index < -0.39 is 0 Å². The molecule has 2 aliphatic heterocycles. The molecular formula is C21H26ClN3O. The minimum atomic E-state index is 0.724. The van der Waals surface area contributed by atoms with Crippen LogP contribution in [0.3, 0.4) is 0 Å². The van der Waals surface area contributed by atoms with E-state index in [1.54, 1.807) is 0 Å². The molecule has 0 saturated heterocycles. The Balaban J connectivity index is 1.19. The maximum absolute atomic E-state index is 6.29. The fraction of sp³-hybridized carbons (Fsp3) is 0.476.